The molecule has 1 aromatic carbocycles. The second-order valence-electron chi connectivity index (χ2n) is 5.51. The van der Waals surface area contributed by atoms with Gasteiger partial charge in [-0.15, -0.1) is 0 Å². The SMILES string of the molecule is CC1OCCC1(CO)C1CC1c1ccccc1. The molecule has 3 rings (SSSR count). The van der Waals surface area contributed by atoms with Crippen molar-refractivity contribution in [2.45, 2.75) is 31.8 Å². The fraction of sp³-hybridized carbons (Fsp3) is 0.600. The van der Waals surface area contributed by atoms with Crippen LogP contribution in [-0.4, -0.2) is 24.4 Å². The third-order valence-electron chi connectivity index (χ3n) is 4.80. The Morgan fingerprint density at radius 2 is 2.12 bits per heavy atom. The molecule has 1 N–H and O–H groups in total. The molecule has 92 valence electrons. The molecule has 4 unspecified atom stereocenters. The minimum atomic E-state index is 0.0144. The highest BCUT2D eigenvalue weighted by molar-refractivity contribution is 5.28. The van der Waals surface area contributed by atoms with Crippen molar-refractivity contribution >= 4 is 0 Å². The van der Waals surface area contributed by atoms with E-state index >= 15 is 0 Å². The Morgan fingerprint density at radius 1 is 1.35 bits per heavy atom. The lowest BCUT2D eigenvalue weighted by Gasteiger charge is -2.30. The molecule has 0 aromatic heterocycles. The van der Waals surface area contributed by atoms with Crippen LogP contribution in [0.5, 0.6) is 0 Å². The van der Waals surface area contributed by atoms with Crippen LogP contribution in [0.1, 0.15) is 31.2 Å². The van der Waals surface area contributed by atoms with E-state index < -0.39 is 0 Å². The van der Waals surface area contributed by atoms with E-state index in [4.69, 9.17) is 4.74 Å². The molecule has 2 nitrogen and oxygen atoms in total. The molecule has 1 aromatic rings. The lowest BCUT2D eigenvalue weighted by molar-refractivity contribution is 0.0118. The summed E-state index contributed by atoms with van der Waals surface area (Å²) in [5, 5.41) is 9.78. The molecule has 0 amide bonds. The van der Waals surface area contributed by atoms with Gasteiger partial charge in [0.15, 0.2) is 0 Å². The van der Waals surface area contributed by atoms with Crippen LogP contribution in [0.3, 0.4) is 0 Å². The molecular formula is C15H20O2. The summed E-state index contributed by atoms with van der Waals surface area (Å²) in [5.41, 5.74) is 1.44. The van der Waals surface area contributed by atoms with Crippen LogP contribution in [0.15, 0.2) is 30.3 Å². The average Bonchev–Trinajstić information content (AvgIpc) is 3.09. The molecule has 0 radical (unpaired) electrons. The molecule has 17 heavy (non-hydrogen) atoms. The summed E-state index contributed by atoms with van der Waals surface area (Å²) in [4.78, 5) is 0. The smallest absolute Gasteiger partial charge is 0.0628 e. The molecule has 2 fully saturated rings. The van der Waals surface area contributed by atoms with E-state index in [1.807, 2.05) is 0 Å². The van der Waals surface area contributed by atoms with Gasteiger partial charge in [0.2, 0.25) is 0 Å². The van der Waals surface area contributed by atoms with Crippen molar-refractivity contribution in [3.05, 3.63) is 35.9 Å². The largest absolute Gasteiger partial charge is 0.396 e. The zero-order valence-electron chi connectivity index (χ0n) is 10.3. The van der Waals surface area contributed by atoms with Gasteiger partial charge in [0.25, 0.3) is 0 Å². The zero-order valence-corrected chi connectivity index (χ0v) is 10.3. The molecule has 1 aliphatic carbocycles. The Bertz CT molecular complexity index is 389. The van der Waals surface area contributed by atoms with E-state index in [9.17, 15) is 5.11 Å². The van der Waals surface area contributed by atoms with Crippen molar-refractivity contribution in [3.63, 3.8) is 0 Å². The topological polar surface area (TPSA) is 29.5 Å². The number of rotatable bonds is 3. The Labute approximate surface area is 103 Å². The normalized spacial score (nSPS) is 40.5. The van der Waals surface area contributed by atoms with Crippen LogP contribution in [-0.2, 0) is 4.74 Å². The number of ether oxygens (including phenoxy) is 1. The van der Waals surface area contributed by atoms with Crippen LogP contribution < -0.4 is 0 Å². The maximum atomic E-state index is 9.78. The standard InChI is InChI=1S/C15H20O2/c1-11-15(10-16,7-8-17-11)14-9-13(14)12-5-3-2-4-6-12/h2-6,11,13-14,16H,7-10H2,1H3. The average molecular weight is 232 g/mol. The van der Waals surface area contributed by atoms with Crippen molar-refractivity contribution in [1.29, 1.82) is 0 Å². The summed E-state index contributed by atoms with van der Waals surface area (Å²) in [6.45, 7) is 3.19. The maximum absolute atomic E-state index is 9.78. The van der Waals surface area contributed by atoms with E-state index in [2.05, 4.69) is 37.3 Å². The van der Waals surface area contributed by atoms with Gasteiger partial charge in [0.1, 0.15) is 0 Å². The van der Waals surface area contributed by atoms with Gasteiger partial charge in [-0.25, -0.2) is 0 Å². The second-order valence-corrected chi connectivity index (χ2v) is 5.51. The van der Waals surface area contributed by atoms with Crippen molar-refractivity contribution in [1.82, 2.24) is 0 Å². The Hall–Kier alpha value is -0.860. The van der Waals surface area contributed by atoms with E-state index in [1.54, 1.807) is 0 Å². The van der Waals surface area contributed by atoms with Gasteiger partial charge in [-0.3, -0.25) is 0 Å². The number of benzene rings is 1. The minimum Gasteiger partial charge on any atom is -0.396 e. The minimum absolute atomic E-state index is 0.0144. The first-order valence-electron chi connectivity index (χ1n) is 6.55. The van der Waals surface area contributed by atoms with E-state index in [1.165, 1.54) is 12.0 Å². The first-order chi connectivity index (χ1) is 8.28. The summed E-state index contributed by atoms with van der Waals surface area (Å²) < 4.78 is 5.69. The molecule has 0 bridgehead atoms. The van der Waals surface area contributed by atoms with Gasteiger partial charge < -0.3 is 9.84 Å². The van der Waals surface area contributed by atoms with Crippen molar-refractivity contribution in [3.8, 4) is 0 Å². The molecular weight excluding hydrogens is 212 g/mol. The Kier molecular flexibility index (Phi) is 2.72. The predicted octanol–water partition coefficient (Wildman–Crippen LogP) is 2.58. The molecule has 4 atom stereocenters. The molecule has 0 spiro atoms. The first-order valence-corrected chi connectivity index (χ1v) is 6.55. The molecule has 1 saturated heterocycles. The molecule has 2 aliphatic rings. The lowest BCUT2D eigenvalue weighted by atomic mass is 9.76. The Morgan fingerprint density at radius 3 is 2.71 bits per heavy atom. The van der Waals surface area contributed by atoms with Crippen LogP contribution in [0.2, 0.25) is 0 Å². The fourth-order valence-electron chi connectivity index (χ4n) is 3.51. The predicted molar refractivity (Wildman–Crippen MR) is 66.8 cm³/mol. The van der Waals surface area contributed by atoms with Gasteiger partial charge in [-0.05, 0) is 37.2 Å². The summed E-state index contributed by atoms with van der Waals surface area (Å²) in [7, 11) is 0. The fourth-order valence-corrected chi connectivity index (χ4v) is 3.51. The highest BCUT2D eigenvalue weighted by Gasteiger charge is 2.57. The van der Waals surface area contributed by atoms with E-state index in [0.717, 1.165) is 13.0 Å². The molecule has 2 heteroatoms. The molecule has 1 saturated carbocycles. The van der Waals surface area contributed by atoms with Crippen LogP contribution in [0, 0.1) is 11.3 Å². The van der Waals surface area contributed by atoms with Gasteiger partial charge in [0.05, 0.1) is 12.7 Å². The summed E-state index contributed by atoms with van der Waals surface area (Å²) in [5.74, 6) is 1.24. The van der Waals surface area contributed by atoms with Gasteiger partial charge in [0, 0.05) is 12.0 Å². The lowest BCUT2D eigenvalue weighted by Crippen LogP contribution is -2.35. The van der Waals surface area contributed by atoms with Gasteiger partial charge >= 0.3 is 0 Å². The zero-order chi connectivity index (χ0) is 11.9. The Balaban J connectivity index is 1.79. The summed E-state index contributed by atoms with van der Waals surface area (Å²) in [6, 6.07) is 10.7. The number of hydrogen-bond acceptors (Lipinski definition) is 2. The number of hydrogen-bond donors (Lipinski definition) is 1. The van der Waals surface area contributed by atoms with Crippen molar-refractivity contribution in [2.75, 3.05) is 13.2 Å². The molecule has 1 aliphatic heterocycles. The quantitative estimate of drug-likeness (QED) is 0.868. The van der Waals surface area contributed by atoms with Crippen LogP contribution in [0.25, 0.3) is 0 Å². The third kappa shape index (κ3) is 1.71. The first kappa shape index (κ1) is 11.2. The third-order valence-corrected chi connectivity index (χ3v) is 4.80. The summed E-state index contributed by atoms with van der Waals surface area (Å²) in [6.07, 6.45) is 2.42. The molecule has 1 heterocycles. The van der Waals surface area contributed by atoms with Gasteiger partial charge in [-0.2, -0.15) is 0 Å². The van der Waals surface area contributed by atoms with Crippen LogP contribution >= 0.6 is 0 Å². The van der Waals surface area contributed by atoms with E-state index in [-0.39, 0.29) is 18.1 Å². The second kappa shape index (κ2) is 4.11. The maximum Gasteiger partial charge on any atom is 0.0628 e. The highest BCUT2D eigenvalue weighted by Crippen LogP contribution is 2.61. The number of aliphatic hydroxyl groups is 1. The monoisotopic (exact) mass is 232 g/mol. The number of aliphatic hydroxyl groups excluding tert-OH is 1. The van der Waals surface area contributed by atoms with Crippen LogP contribution in [0.4, 0.5) is 0 Å². The highest BCUT2D eigenvalue weighted by atomic mass is 16.5. The van der Waals surface area contributed by atoms with E-state index in [0.29, 0.717) is 11.8 Å². The van der Waals surface area contributed by atoms with Crippen molar-refractivity contribution in [2.24, 2.45) is 11.3 Å². The van der Waals surface area contributed by atoms with Crippen molar-refractivity contribution < 1.29 is 9.84 Å². The summed E-state index contributed by atoms with van der Waals surface area (Å²) >= 11 is 0. The van der Waals surface area contributed by atoms with Gasteiger partial charge in [-0.1, -0.05) is 30.3 Å².